The standard InChI is InChI=1S/C17H21FN2O4/c1-10(2)8-15(17(23)24)20-16(22)14(19-11(3)21)9-12-6-4-5-7-13(12)18/h4-7,14-15H,1,8-9H2,2-3H3,(H,19,21)(H,20,22)(H,23,24)/t14-,15+/m0/s1. The van der Waals surface area contributed by atoms with Gasteiger partial charge in [0.15, 0.2) is 0 Å². The monoisotopic (exact) mass is 336 g/mol. The van der Waals surface area contributed by atoms with Crippen molar-refractivity contribution < 1.29 is 23.9 Å². The van der Waals surface area contributed by atoms with E-state index in [1.54, 1.807) is 13.0 Å². The molecule has 0 saturated heterocycles. The zero-order valence-electron chi connectivity index (χ0n) is 13.6. The van der Waals surface area contributed by atoms with Crippen LogP contribution in [0.15, 0.2) is 36.4 Å². The first-order chi connectivity index (χ1) is 11.2. The molecule has 0 spiro atoms. The minimum atomic E-state index is -1.21. The third kappa shape index (κ3) is 6.20. The quantitative estimate of drug-likeness (QED) is 0.626. The molecule has 24 heavy (non-hydrogen) atoms. The fourth-order valence-electron chi connectivity index (χ4n) is 2.16. The molecule has 0 aliphatic heterocycles. The number of halogens is 1. The van der Waals surface area contributed by atoms with Gasteiger partial charge in [-0.15, -0.1) is 6.58 Å². The van der Waals surface area contributed by atoms with Crippen molar-refractivity contribution in [2.45, 2.75) is 38.8 Å². The molecule has 3 N–H and O–H groups in total. The molecule has 0 aliphatic carbocycles. The van der Waals surface area contributed by atoms with Crippen molar-refractivity contribution in [2.24, 2.45) is 0 Å². The number of hydrogen-bond donors (Lipinski definition) is 3. The molecule has 2 atom stereocenters. The molecule has 0 bridgehead atoms. The van der Waals surface area contributed by atoms with Crippen LogP contribution in [0.4, 0.5) is 4.39 Å². The summed E-state index contributed by atoms with van der Waals surface area (Å²) < 4.78 is 13.8. The van der Waals surface area contributed by atoms with Gasteiger partial charge in [0, 0.05) is 13.3 Å². The van der Waals surface area contributed by atoms with Gasteiger partial charge in [0.05, 0.1) is 0 Å². The normalized spacial score (nSPS) is 12.8. The number of aliphatic carboxylic acids is 1. The van der Waals surface area contributed by atoms with E-state index in [9.17, 15) is 18.8 Å². The molecule has 0 heterocycles. The number of carboxylic acid groups (broad SMARTS) is 1. The summed E-state index contributed by atoms with van der Waals surface area (Å²) in [5.74, 6) is -2.88. The van der Waals surface area contributed by atoms with Crippen molar-refractivity contribution >= 4 is 17.8 Å². The van der Waals surface area contributed by atoms with E-state index in [-0.39, 0.29) is 18.4 Å². The highest BCUT2D eigenvalue weighted by Crippen LogP contribution is 2.10. The van der Waals surface area contributed by atoms with Crippen LogP contribution in [-0.2, 0) is 20.8 Å². The van der Waals surface area contributed by atoms with Gasteiger partial charge in [-0.05, 0) is 25.0 Å². The molecule has 130 valence electrons. The molecule has 0 saturated carbocycles. The van der Waals surface area contributed by atoms with Crippen LogP contribution in [0.5, 0.6) is 0 Å². The molecular formula is C17H21FN2O4. The largest absolute Gasteiger partial charge is 0.480 e. The molecule has 1 rings (SSSR count). The number of carbonyl (C=O) groups excluding carboxylic acids is 2. The topological polar surface area (TPSA) is 95.5 Å². The summed E-state index contributed by atoms with van der Waals surface area (Å²) in [6.07, 6.45) is -0.0228. The summed E-state index contributed by atoms with van der Waals surface area (Å²) in [6.45, 7) is 6.50. The maximum Gasteiger partial charge on any atom is 0.326 e. The van der Waals surface area contributed by atoms with E-state index in [0.29, 0.717) is 5.57 Å². The van der Waals surface area contributed by atoms with E-state index in [4.69, 9.17) is 5.11 Å². The number of amides is 2. The van der Waals surface area contributed by atoms with Crippen LogP contribution in [-0.4, -0.2) is 35.0 Å². The Balaban J connectivity index is 2.92. The molecule has 0 unspecified atom stereocenters. The van der Waals surface area contributed by atoms with Gasteiger partial charge in [-0.3, -0.25) is 9.59 Å². The van der Waals surface area contributed by atoms with E-state index in [1.165, 1.54) is 25.1 Å². The van der Waals surface area contributed by atoms with Crippen LogP contribution in [0.25, 0.3) is 0 Å². The van der Waals surface area contributed by atoms with Crippen molar-refractivity contribution in [2.75, 3.05) is 0 Å². The molecule has 2 amide bonds. The predicted octanol–water partition coefficient (Wildman–Crippen LogP) is 1.41. The van der Waals surface area contributed by atoms with Gasteiger partial charge in [0.25, 0.3) is 0 Å². The summed E-state index contributed by atoms with van der Waals surface area (Å²) in [5, 5.41) is 13.9. The average Bonchev–Trinajstić information content (AvgIpc) is 2.47. The maximum absolute atomic E-state index is 13.8. The number of carbonyl (C=O) groups is 3. The van der Waals surface area contributed by atoms with Gasteiger partial charge < -0.3 is 15.7 Å². The van der Waals surface area contributed by atoms with Gasteiger partial charge in [-0.25, -0.2) is 9.18 Å². The third-order valence-corrected chi connectivity index (χ3v) is 3.24. The van der Waals surface area contributed by atoms with Crippen LogP contribution >= 0.6 is 0 Å². The van der Waals surface area contributed by atoms with Crippen molar-refractivity contribution in [3.05, 3.63) is 47.8 Å². The third-order valence-electron chi connectivity index (χ3n) is 3.24. The van der Waals surface area contributed by atoms with Gasteiger partial charge >= 0.3 is 5.97 Å². The highest BCUT2D eigenvalue weighted by atomic mass is 19.1. The Hall–Kier alpha value is -2.70. The van der Waals surface area contributed by atoms with E-state index in [2.05, 4.69) is 17.2 Å². The maximum atomic E-state index is 13.8. The molecule has 0 aliphatic rings. The molecular weight excluding hydrogens is 315 g/mol. The van der Waals surface area contributed by atoms with Gasteiger partial charge in [0.1, 0.15) is 17.9 Å². The lowest BCUT2D eigenvalue weighted by molar-refractivity contribution is -0.142. The van der Waals surface area contributed by atoms with Crippen molar-refractivity contribution in [1.82, 2.24) is 10.6 Å². The SMILES string of the molecule is C=C(C)C[C@@H](NC(=O)[C@H](Cc1ccccc1F)NC(C)=O)C(=O)O. The lowest BCUT2D eigenvalue weighted by Gasteiger charge is -2.21. The Morgan fingerprint density at radius 1 is 1.17 bits per heavy atom. The molecule has 1 aromatic rings. The Morgan fingerprint density at radius 3 is 2.29 bits per heavy atom. The zero-order valence-corrected chi connectivity index (χ0v) is 13.6. The smallest absolute Gasteiger partial charge is 0.326 e. The Bertz CT molecular complexity index is 645. The zero-order chi connectivity index (χ0) is 18.3. The van der Waals surface area contributed by atoms with Crippen LogP contribution in [0.2, 0.25) is 0 Å². The Kier molecular flexibility index (Phi) is 7.10. The fourth-order valence-corrected chi connectivity index (χ4v) is 2.16. The van der Waals surface area contributed by atoms with Crippen LogP contribution in [0.3, 0.4) is 0 Å². The van der Waals surface area contributed by atoms with Crippen molar-refractivity contribution in [3.8, 4) is 0 Å². The summed E-state index contributed by atoms with van der Waals surface area (Å²) in [4.78, 5) is 34.9. The van der Waals surface area contributed by atoms with E-state index < -0.39 is 35.7 Å². The summed E-state index contributed by atoms with van der Waals surface area (Å²) in [5.41, 5.74) is 0.839. The Morgan fingerprint density at radius 2 is 1.79 bits per heavy atom. The first-order valence-electron chi connectivity index (χ1n) is 7.38. The fraction of sp³-hybridized carbons (Fsp3) is 0.353. The second-order valence-corrected chi connectivity index (χ2v) is 5.61. The first-order valence-corrected chi connectivity index (χ1v) is 7.38. The summed E-state index contributed by atoms with van der Waals surface area (Å²) in [6, 6.07) is 3.64. The second-order valence-electron chi connectivity index (χ2n) is 5.61. The number of rotatable bonds is 8. The Labute approximate surface area is 139 Å². The highest BCUT2D eigenvalue weighted by molar-refractivity contribution is 5.90. The number of benzene rings is 1. The molecule has 0 fully saturated rings. The van der Waals surface area contributed by atoms with Gasteiger partial charge in [-0.2, -0.15) is 0 Å². The van der Waals surface area contributed by atoms with E-state index in [1.807, 2.05) is 0 Å². The van der Waals surface area contributed by atoms with E-state index >= 15 is 0 Å². The number of hydrogen-bond acceptors (Lipinski definition) is 3. The minimum absolute atomic E-state index is 0.0631. The molecule has 0 aromatic heterocycles. The van der Waals surface area contributed by atoms with Gasteiger partial charge in [0.2, 0.25) is 11.8 Å². The lowest BCUT2D eigenvalue weighted by atomic mass is 10.0. The predicted molar refractivity (Wildman–Crippen MR) is 86.7 cm³/mol. The van der Waals surface area contributed by atoms with Crippen molar-refractivity contribution in [3.63, 3.8) is 0 Å². The van der Waals surface area contributed by atoms with Crippen molar-refractivity contribution in [1.29, 1.82) is 0 Å². The highest BCUT2D eigenvalue weighted by Gasteiger charge is 2.26. The lowest BCUT2D eigenvalue weighted by Crippen LogP contribution is -2.52. The van der Waals surface area contributed by atoms with Crippen LogP contribution < -0.4 is 10.6 Å². The minimum Gasteiger partial charge on any atom is -0.480 e. The first kappa shape index (κ1) is 19.3. The summed E-state index contributed by atoms with van der Waals surface area (Å²) in [7, 11) is 0. The molecule has 7 heteroatoms. The summed E-state index contributed by atoms with van der Waals surface area (Å²) >= 11 is 0. The van der Waals surface area contributed by atoms with E-state index in [0.717, 1.165) is 0 Å². The number of carboxylic acids is 1. The molecule has 6 nitrogen and oxygen atoms in total. The second kappa shape index (κ2) is 8.81. The van der Waals surface area contributed by atoms with Crippen LogP contribution in [0.1, 0.15) is 25.8 Å². The van der Waals surface area contributed by atoms with Gasteiger partial charge in [-0.1, -0.05) is 23.8 Å². The molecule has 0 radical (unpaired) electrons. The number of nitrogens with one attached hydrogen (secondary N) is 2. The van der Waals surface area contributed by atoms with Crippen LogP contribution in [0, 0.1) is 5.82 Å². The average molecular weight is 336 g/mol. The molecule has 1 aromatic carbocycles.